The molecule has 6 heteroatoms. The predicted octanol–water partition coefficient (Wildman–Crippen LogP) is 2.50. The fraction of sp³-hybridized carbons (Fsp3) is 0.438. The molecule has 3 rings (SSSR count). The number of nitrogens with two attached hydrogens (primary N) is 1. The van der Waals surface area contributed by atoms with Crippen molar-refractivity contribution in [2.45, 2.75) is 32.4 Å². The highest BCUT2D eigenvalue weighted by atomic mass is 16.5. The van der Waals surface area contributed by atoms with Crippen molar-refractivity contribution in [1.29, 1.82) is 0 Å². The number of methoxy groups -OCH3 is 1. The maximum Gasteiger partial charge on any atom is 0.212 e. The van der Waals surface area contributed by atoms with E-state index in [2.05, 4.69) is 33.3 Å². The van der Waals surface area contributed by atoms with Gasteiger partial charge in [0.2, 0.25) is 5.96 Å². The number of fused-ring (bicyclic) bond motifs is 1. The summed E-state index contributed by atoms with van der Waals surface area (Å²) in [6, 6.07) is 6.04. The molecule has 0 saturated carbocycles. The SMILES string of the molecule is CCCCCN1C(NN)=NC1c1c[nH]c2ccc(OC)cc12. The van der Waals surface area contributed by atoms with E-state index in [0.29, 0.717) is 0 Å². The van der Waals surface area contributed by atoms with Crippen molar-refractivity contribution < 1.29 is 4.74 Å². The molecule has 0 radical (unpaired) electrons. The van der Waals surface area contributed by atoms with Crippen LogP contribution in [0, 0.1) is 0 Å². The third kappa shape index (κ3) is 2.50. The molecule has 0 bridgehead atoms. The van der Waals surface area contributed by atoms with Crippen LogP contribution in [0.3, 0.4) is 0 Å². The lowest BCUT2D eigenvalue weighted by molar-refractivity contribution is 0.257. The van der Waals surface area contributed by atoms with Gasteiger partial charge in [0.25, 0.3) is 0 Å². The van der Waals surface area contributed by atoms with Crippen LogP contribution in [-0.2, 0) is 0 Å². The van der Waals surface area contributed by atoms with E-state index in [9.17, 15) is 0 Å². The highest BCUT2D eigenvalue weighted by Crippen LogP contribution is 2.36. The fourth-order valence-corrected chi connectivity index (χ4v) is 2.90. The Morgan fingerprint density at radius 2 is 2.27 bits per heavy atom. The number of ether oxygens (including phenoxy) is 1. The number of nitrogens with zero attached hydrogens (tertiary/aromatic N) is 2. The zero-order valence-electron chi connectivity index (χ0n) is 13.1. The molecule has 2 heterocycles. The molecule has 1 aliphatic heterocycles. The van der Waals surface area contributed by atoms with Crippen LogP contribution in [0.5, 0.6) is 5.75 Å². The Morgan fingerprint density at radius 3 is 3.00 bits per heavy atom. The Hall–Kier alpha value is -2.21. The smallest absolute Gasteiger partial charge is 0.212 e. The van der Waals surface area contributed by atoms with Gasteiger partial charge >= 0.3 is 0 Å². The van der Waals surface area contributed by atoms with E-state index in [0.717, 1.165) is 41.1 Å². The van der Waals surface area contributed by atoms with Gasteiger partial charge in [-0.25, -0.2) is 10.8 Å². The van der Waals surface area contributed by atoms with E-state index < -0.39 is 0 Å². The number of rotatable bonds is 6. The lowest BCUT2D eigenvalue weighted by Gasteiger charge is -2.39. The molecule has 118 valence electrons. The molecule has 0 spiro atoms. The first kappa shape index (κ1) is 14.7. The molecule has 0 aliphatic carbocycles. The van der Waals surface area contributed by atoms with Gasteiger partial charge in [0.15, 0.2) is 6.17 Å². The molecule has 22 heavy (non-hydrogen) atoms. The van der Waals surface area contributed by atoms with Crippen LogP contribution >= 0.6 is 0 Å². The summed E-state index contributed by atoms with van der Waals surface area (Å²) in [5, 5.41) is 1.14. The minimum atomic E-state index is 0.0174. The van der Waals surface area contributed by atoms with E-state index in [4.69, 9.17) is 10.6 Å². The third-order valence-electron chi connectivity index (χ3n) is 4.14. The first-order chi connectivity index (χ1) is 10.8. The van der Waals surface area contributed by atoms with E-state index in [1.54, 1.807) is 7.11 Å². The molecule has 2 aromatic rings. The maximum atomic E-state index is 5.55. The Morgan fingerprint density at radius 1 is 1.41 bits per heavy atom. The van der Waals surface area contributed by atoms with Crippen LogP contribution in [0.1, 0.15) is 37.9 Å². The van der Waals surface area contributed by atoms with Gasteiger partial charge in [-0.2, -0.15) is 0 Å². The third-order valence-corrected chi connectivity index (χ3v) is 4.14. The molecule has 1 aromatic heterocycles. The fourth-order valence-electron chi connectivity index (χ4n) is 2.90. The number of aromatic amines is 1. The molecule has 6 nitrogen and oxygen atoms in total. The average molecular weight is 301 g/mol. The summed E-state index contributed by atoms with van der Waals surface area (Å²) in [6.45, 7) is 3.16. The molecule has 1 aliphatic rings. The predicted molar refractivity (Wildman–Crippen MR) is 88.6 cm³/mol. The Labute approximate surface area is 130 Å². The van der Waals surface area contributed by atoms with Gasteiger partial charge in [-0.05, 0) is 24.6 Å². The molecule has 1 aromatic carbocycles. The number of guanidine groups is 1. The van der Waals surface area contributed by atoms with Gasteiger partial charge in [0.05, 0.1) is 7.11 Å². The zero-order chi connectivity index (χ0) is 15.5. The molecular formula is C16H23N5O. The minimum absolute atomic E-state index is 0.0174. The molecule has 0 saturated heterocycles. The molecule has 0 amide bonds. The van der Waals surface area contributed by atoms with Crippen molar-refractivity contribution in [3.05, 3.63) is 30.0 Å². The largest absolute Gasteiger partial charge is 0.497 e. The minimum Gasteiger partial charge on any atom is -0.497 e. The van der Waals surface area contributed by atoms with Crippen molar-refractivity contribution in [3.63, 3.8) is 0 Å². The number of nitrogens with one attached hydrogen (secondary N) is 2. The van der Waals surface area contributed by atoms with Crippen molar-refractivity contribution in [1.82, 2.24) is 15.3 Å². The summed E-state index contributed by atoms with van der Waals surface area (Å²) >= 11 is 0. The van der Waals surface area contributed by atoms with E-state index in [1.165, 1.54) is 12.8 Å². The van der Waals surface area contributed by atoms with Gasteiger partial charge in [-0.1, -0.05) is 19.8 Å². The van der Waals surface area contributed by atoms with Crippen molar-refractivity contribution in [2.24, 2.45) is 10.8 Å². The number of hydrogen-bond acceptors (Lipinski definition) is 5. The highest BCUT2D eigenvalue weighted by Gasteiger charge is 2.33. The number of hydrazine groups is 1. The Kier molecular flexibility index (Phi) is 4.20. The van der Waals surface area contributed by atoms with Gasteiger partial charge in [0, 0.05) is 29.2 Å². The highest BCUT2D eigenvalue weighted by molar-refractivity contribution is 5.89. The van der Waals surface area contributed by atoms with Gasteiger partial charge in [-0.15, -0.1) is 0 Å². The molecular weight excluding hydrogens is 278 g/mol. The van der Waals surface area contributed by atoms with Crippen LogP contribution in [0.4, 0.5) is 0 Å². The second kappa shape index (κ2) is 6.27. The molecule has 4 N–H and O–H groups in total. The standard InChI is InChI=1S/C16H23N5O/c1-3-4-5-8-21-15(19-16(21)20-17)13-10-18-14-7-6-11(22-2)9-12(13)14/h6-7,9-10,15,18H,3-5,8,17H2,1-2H3,(H,19,20). The lowest BCUT2D eigenvalue weighted by Crippen LogP contribution is -2.53. The Balaban J connectivity index is 1.88. The number of unbranched alkanes of at least 4 members (excludes halogenated alkanes) is 2. The summed E-state index contributed by atoms with van der Waals surface area (Å²) in [5.74, 6) is 7.17. The van der Waals surface area contributed by atoms with Crippen LogP contribution in [0.2, 0.25) is 0 Å². The van der Waals surface area contributed by atoms with Gasteiger partial charge < -0.3 is 14.6 Å². The number of hydrogen-bond donors (Lipinski definition) is 3. The van der Waals surface area contributed by atoms with Crippen LogP contribution in [0.25, 0.3) is 10.9 Å². The van der Waals surface area contributed by atoms with Crippen molar-refractivity contribution in [2.75, 3.05) is 13.7 Å². The number of aliphatic imine (C=N–C) groups is 1. The summed E-state index contributed by atoms with van der Waals surface area (Å²) in [5.41, 5.74) is 4.93. The number of H-pyrrole nitrogens is 1. The van der Waals surface area contributed by atoms with Crippen LogP contribution in [0.15, 0.2) is 29.4 Å². The van der Waals surface area contributed by atoms with Crippen LogP contribution < -0.4 is 16.0 Å². The van der Waals surface area contributed by atoms with E-state index >= 15 is 0 Å². The van der Waals surface area contributed by atoms with Crippen molar-refractivity contribution >= 4 is 16.9 Å². The Bertz CT molecular complexity index is 678. The zero-order valence-corrected chi connectivity index (χ0v) is 13.1. The first-order valence-corrected chi connectivity index (χ1v) is 7.74. The van der Waals surface area contributed by atoms with E-state index in [1.807, 2.05) is 18.3 Å². The summed E-state index contributed by atoms with van der Waals surface area (Å²) in [4.78, 5) is 10.1. The second-order valence-electron chi connectivity index (χ2n) is 5.53. The summed E-state index contributed by atoms with van der Waals surface area (Å²) in [6.07, 6.45) is 5.59. The summed E-state index contributed by atoms with van der Waals surface area (Å²) in [7, 11) is 1.68. The normalized spacial score (nSPS) is 17.3. The quantitative estimate of drug-likeness (QED) is 0.435. The molecule has 0 fully saturated rings. The maximum absolute atomic E-state index is 5.55. The molecule has 1 unspecified atom stereocenters. The molecule has 1 atom stereocenters. The van der Waals surface area contributed by atoms with E-state index in [-0.39, 0.29) is 6.17 Å². The van der Waals surface area contributed by atoms with Crippen molar-refractivity contribution in [3.8, 4) is 5.75 Å². The topological polar surface area (TPSA) is 78.7 Å². The second-order valence-corrected chi connectivity index (χ2v) is 5.53. The van der Waals surface area contributed by atoms with Gasteiger partial charge in [-0.3, -0.25) is 5.43 Å². The van der Waals surface area contributed by atoms with Crippen LogP contribution in [-0.4, -0.2) is 29.5 Å². The monoisotopic (exact) mass is 301 g/mol. The summed E-state index contributed by atoms with van der Waals surface area (Å²) < 4.78 is 5.33. The number of benzene rings is 1. The van der Waals surface area contributed by atoms with Gasteiger partial charge in [0.1, 0.15) is 5.75 Å². The lowest BCUT2D eigenvalue weighted by atomic mass is 10.1. The average Bonchev–Trinajstić information content (AvgIpc) is 2.94. The first-order valence-electron chi connectivity index (χ1n) is 7.74. The number of aromatic nitrogens is 1.